The van der Waals surface area contributed by atoms with Gasteiger partial charge in [-0.15, -0.1) is 0 Å². The Kier molecular flexibility index (Phi) is 5.90. The van der Waals surface area contributed by atoms with Gasteiger partial charge in [0.15, 0.2) is 0 Å². The van der Waals surface area contributed by atoms with Crippen molar-refractivity contribution in [2.45, 2.75) is 25.5 Å². The molecule has 0 amide bonds. The highest BCUT2D eigenvalue weighted by Crippen LogP contribution is 2.11. The topological polar surface area (TPSA) is 64.1 Å². The fourth-order valence-electron chi connectivity index (χ4n) is 1.23. The molecule has 6 heteroatoms. The third-order valence-corrected chi connectivity index (χ3v) is 3.73. The molecule has 0 aliphatic rings. The molecule has 1 aromatic heterocycles. The van der Waals surface area contributed by atoms with E-state index in [4.69, 9.17) is 4.74 Å². The summed E-state index contributed by atoms with van der Waals surface area (Å²) in [7, 11) is -0.773. The molecule has 2 atom stereocenters. The third kappa shape index (κ3) is 5.12. The van der Waals surface area contributed by atoms with E-state index in [0.717, 1.165) is 18.8 Å². The number of hydrogen-bond donors (Lipinski definition) is 1. The maximum absolute atomic E-state index is 11.2. The summed E-state index contributed by atoms with van der Waals surface area (Å²) in [5.41, 5.74) is 0. The number of nitrogens with one attached hydrogen (secondary N) is 1. The van der Waals surface area contributed by atoms with Crippen molar-refractivity contribution in [3.63, 3.8) is 0 Å². The fraction of sp³-hybridized carbons (Fsp3) is 0.636. The summed E-state index contributed by atoms with van der Waals surface area (Å²) in [5, 5.41) is 3.35. The van der Waals surface area contributed by atoms with E-state index in [0.29, 0.717) is 12.5 Å². The van der Waals surface area contributed by atoms with Crippen LogP contribution in [0.4, 0.5) is 5.82 Å². The van der Waals surface area contributed by atoms with E-state index in [9.17, 15) is 4.21 Å². The highest BCUT2D eigenvalue weighted by Gasteiger charge is 2.05. The first kappa shape index (κ1) is 13.9. The van der Waals surface area contributed by atoms with E-state index in [-0.39, 0.29) is 5.25 Å². The number of nitrogens with zero attached hydrogens (tertiary/aromatic N) is 2. The van der Waals surface area contributed by atoms with Crippen LogP contribution in [0.1, 0.15) is 20.3 Å². The Labute approximate surface area is 104 Å². The van der Waals surface area contributed by atoms with Crippen molar-refractivity contribution in [2.75, 3.05) is 24.7 Å². The molecule has 0 bridgehead atoms. The minimum absolute atomic E-state index is 0.190. The Morgan fingerprint density at radius 2 is 2.29 bits per heavy atom. The minimum Gasteiger partial charge on any atom is -0.478 e. The first-order valence-corrected chi connectivity index (χ1v) is 7.26. The Bertz CT molecular complexity index is 373. The van der Waals surface area contributed by atoms with E-state index < -0.39 is 10.8 Å². The molecule has 0 aromatic carbocycles. The molecule has 2 unspecified atom stereocenters. The molecule has 0 spiro atoms. The lowest BCUT2D eigenvalue weighted by molar-refractivity contribution is 0.326. The zero-order chi connectivity index (χ0) is 12.7. The Balaban J connectivity index is 2.41. The second kappa shape index (κ2) is 7.21. The Hall–Kier alpha value is -1.17. The van der Waals surface area contributed by atoms with Crippen molar-refractivity contribution >= 4 is 16.6 Å². The summed E-state index contributed by atoms with van der Waals surface area (Å²) in [5.74, 6) is 1.30. The lowest BCUT2D eigenvalue weighted by Crippen LogP contribution is -2.15. The van der Waals surface area contributed by atoms with Gasteiger partial charge in [-0.1, -0.05) is 6.92 Å². The van der Waals surface area contributed by atoms with Gasteiger partial charge in [0.25, 0.3) is 0 Å². The first-order chi connectivity index (χ1) is 8.13. The largest absolute Gasteiger partial charge is 0.478 e. The van der Waals surface area contributed by atoms with Crippen LogP contribution in [-0.4, -0.2) is 38.8 Å². The van der Waals surface area contributed by atoms with E-state index in [1.54, 1.807) is 12.3 Å². The van der Waals surface area contributed by atoms with Crippen molar-refractivity contribution in [3.05, 3.63) is 12.4 Å². The SMILES string of the molecule is CCOc1cc(NCCC(C)S(C)=O)ncn1. The van der Waals surface area contributed by atoms with Crippen LogP contribution in [0.2, 0.25) is 0 Å². The van der Waals surface area contributed by atoms with Gasteiger partial charge in [0.1, 0.15) is 12.1 Å². The van der Waals surface area contributed by atoms with Gasteiger partial charge in [0.2, 0.25) is 5.88 Å². The zero-order valence-corrected chi connectivity index (χ0v) is 11.3. The maximum atomic E-state index is 11.2. The Morgan fingerprint density at radius 3 is 2.94 bits per heavy atom. The lowest BCUT2D eigenvalue weighted by atomic mass is 10.3. The van der Waals surface area contributed by atoms with Gasteiger partial charge in [-0.05, 0) is 13.3 Å². The molecule has 0 saturated carbocycles. The number of anilines is 1. The van der Waals surface area contributed by atoms with Crippen molar-refractivity contribution in [3.8, 4) is 5.88 Å². The molecule has 0 aliphatic heterocycles. The molecule has 96 valence electrons. The molecule has 1 rings (SSSR count). The van der Waals surface area contributed by atoms with Crippen LogP contribution in [0.15, 0.2) is 12.4 Å². The Morgan fingerprint density at radius 1 is 1.53 bits per heavy atom. The van der Waals surface area contributed by atoms with Gasteiger partial charge in [-0.2, -0.15) is 0 Å². The molecular weight excluding hydrogens is 238 g/mol. The highest BCUT2D eigenvalue weighted by molar-refractivity contribution is 7.84. The summed E-state index contributed by atoms with van der Waals surface area (Å²) in [6, 6.07) is 1.76. The van der Waals surface area contributed by atoms with Crippen LogP contribution in [0.25, 0.3) is 0 Å². The minimum atomic E-state index is -0.773. The van der Waals surface area contributed by atoms with Crippen LogP contribution < -0.4 is 10.1 Å². The number of aromatic nitrogens is 2. The smallest absolute Gasteiger partial charge is 0.218 e. The van der Waals surface area contributed by atoms with Crippen LogP contribution in [-0.2, 0) is 10.8 Å². The maximum Gasteiger partial charge on any atom is 0.218 e. The summed E-state index contributed by atoms with van der Waals surface area (Å²) in [4.78, 5) is 8.06. The van der Waals surface area contributed by atoms with E-state index >= 15 is 0 Å². The summed E-state index contributed by atoms with van der Waals surface area (Å²) in [6.45, 7) is 5.21. The molecule has 5 nitrogen and oxygen atoms in total. The lowest BCUT2D eigenvalue weighted by Gasteiger charge is -2.10. The van der Waals surface area contributed by atoms with Crippen molar-refractivity contribution < 1.29 is 8.95 Å². The average Bonchev–Trinajstić information content (AvgIpc) is 2.29. The molecule has 1 aromatic rings. The standard InChI is InChI=1S/C11H19N3O2S/c1-4-16-11-7-10(13-8-14-11)12-6-5-9(2)17(3)15/h7-9H,4-6H2,1-3H3,(H,12,13,14). The predicted octanol–water partition coefficient (Wildman–Crippen LogP) is 1.44. The van der Waals surface area contributed by atoms with Crippen LogP contribution in [0.3, 0.4) is 0 Å². The number of hydrogen-bond acceptors (Lipinski definition) is 5. The molecular formula is C11H19N3O2S. The summed E-state index contributed by atoms with van der Waals surface area (Å²) in [6.07, 6.45) is 4.04. The molecule has 0 fully saturated rings. The quantitative estimate of drug-likeness (QED) is 0.801. The zero-order valence-electron chi connectivity index (χ0n) is 10.5. The van der Waals surface area contributed by atoms with Crippen molar-refractivity contribution in [1.82, 2.24) is 9.97 Å². The molecule has 0 radical (unpaired) electrons. The monoisotopic (exact) mass is 257 g/mol. The van der Waals surface area contributed by atoms with Crippen LogP contribution >= 0.6 is 0 Å². The van der Waals surface area contributed by atoms with E-state index in [1.165, 1.54) is 6.33 Å². The average molecular weight is 257 g/mol. The second-order valence-corrected chi connectivity index (χ2v) is 5.50. The van der Waals surface area contributed by atoms with Gasteiger partial charge in [0, 0.05) is 34.9 Å². The van der Waals surface area contributed by atoms with Gasteiger partial charge >= 0.3 is 0 Å². The number of rotatable bonds is 7. The molecule has 1 N–H and O–H groups in total. The fourth-order valence-corrected chi connectivity index (χ4v) is 1.68. The highest BCUT2D eigenvalue weighted by atomic mass is 32.2. The van der Waals surface area contributed by atoms with Crippen molar-refractivity contribution in [1.29, 1.82) is 0 Å². The molecule has 17 heavy (non-hydrogen) atoms. The van der Waals surface area contributed by atoms with E-state index in [2.05, 4.69) is 15.3 Å². The number of ether oxygens (including phenoxy) is 1. The third-order valence-electron chi connectivity index (χ3n) is 2.36. The van der Waals surface area contributed by atoms with Gasteiger partial charge in [-0.25, -0.2) is 9.97 Å². The van der Waals surface area contributed by atoms with Crippen LogP contribution in [0, 0.1) is 0 Å². The summed E-state index contributed by atoms with van der Waals surface area (Å²) >= 11 is 0. The van der Waals surface area contributed by atoms with Crippen molar-refractivity contribution in [2.24, 2.45) is 0 Å². The van der Waals surface area contributed by atoms with E-state index in [1.807, 2.05) is 13.8 Å². The predicted molar refractivity (Wildman–Crippen MR) is 69.8 cm³/mol. The van der Waals surface area contributed by atoms with Gasteiger partial charge in [0.05, 0.1) is 6.61 Å². The van der Waals surface area contributed by atoms with Gasteiger partial charge < -0.3 is 10.1 Å². The van der Waals surface area contributed by atoms with Gasteiger partial charge in [-0.3, -0.25) is 4.21 Å². The van der Waals surface area contributed by atoms with Crippen LogP contribution in [0.5, 0.6) is 5.88 Å². The summed E-state index contributed by atoms with van der Waals surface area (Å²) < 4.78 is 16.4. The second-order valence-electron chi connectivity index (χ2n) is 3.70. The molecule has 1 heterocycles. The normalized spacial score (nSPS) is 14.1. The first-order valence-electron chi connectivity index (χ1n) is 5.64. The molecule has 0 aliphatic carbocycles. The molecule has 0 saturated heterocycles.